The van der Waals surface area contributed by atoms with Gasteiger partial charge in [-0.1, -0.05) is 42.5 Å². The standard InChI is InChI=1S/C34H43NO5/c1-38-34-12-11-32(17-26(34)21-39-20-23-5-3-2-4-6-23)28-16-24-9-10-25(15-27(37)19-36)30-29(24)33(32,31(34)40-30)13-14-35(28)18-22-7-8-22/h2-6,9-10,22,26-28,31,36-37H,7-8,11-21H2,1H3/t26-,27?,28-,31-,32-,33+,34-/m1/s1. The molecule has 0 aromatic heterocycles. The van der Waals surface area contributed by atoms with Crippen molar-refractivity contribution in [1.29, 1.82) is 0 Å². The summed E-state index contributed by atoms with van der Waals surface area (Å²) in [6.07, 6.45) is 7.81. The molecule has 7 aliphatic rings. The van der Waals surface area contributed by atoms with Gasteiger partial charge in [-0.05, 0) is 74.1 Å². The Kier molecular flexibility index (Phi) is 5.96. The van der Waals surface area contributed by atoms with Crippen LogP contribution in [0.2, 0.25) is 0 Å². The van der Waals surface area contributed by atoms with Gasteiger partial charge in [0.05, 0.1) is 25.9 Å². The second-order valence-electron chi connectivity index (χ2n) is 13.7. The predicted molar refractivity (Wildman–Crippen MR) is 151 cm³/mol. The number of piperidine rings is 1. The van der Waals surface area contributed by atoms with Crippen LogP contribution in [-0.4, -0.2) is 72.4 Å². The summed E-state index contributed by atoms with van der Waals surface area (Å²) in [5.74, 6) is 2.12. The average Bonchev–Trinajstić information content (AvgIpc) is 3.72. The van der Waals surface area contributed by atoms with Crippen LogP contribution in [0.15, 0.2) is 42.5 Å². The van der Waals surface area contributed by atoms with Gasteiger partial charge in [-0.3, -0.25) is 4.90 Å². The maximum Gasteiger partial charge on any atom is 0.138 e. The number of fused-ring (bicyclic) bond motifs is 2. The zero-order valence-corrected chi connectivity index (χ0v) is 23.7. The summed E-state index contributed by atoms with van der Waals surface area (Å²) in [4.78, 5) is 2.87. The van der Waals surface area contributed by atoms with Crippen molar-refractivity contribution >= 4 is 0 Å². The molecule has 214 valence electrons. The van der Waals surface area contributed by atoms with Gasteiger partial charge in [0.1, 0.15) is 17.5 Å². The average molecular weight is 546 g/mol. The molecule has 1 saturated heterocycles. The third kappa shape index (κ3) is 3.40. The molecule has 7 atom stereocenters. The van der Waals surface area contributed by atoms with E-state index in [2.05, 4.69) is 47.4 Å². The van der Waals surface area contributed by atoms with E-state index < -0.39 is 11.7 Å². The van der Waals surface area contributed by atoms with Gasteiger partial charge >= 0.3 is 0 Å². The molecular weight excluding hydrogens is 502 g/mol. The molecule has 9 rings (SSSR count). The number of rotatable bonds is 10. The van der Waals surface area contributed by atoms with E-state index in [0.717, 1.165) is 49.5 Å². The highest BCUT2D eigenvalue weighted by Crippen LogP contribution is 2.76. The van der Waals surface area contributed by atoms with E-state index in [1.54, 1.807) is 0 Å². The molecule has 2 aliphatic heterocycles. The highest BCUT2D eigenvalue weighted by molar-refractivity contribution is 5.61. The Balaban J connectivity index is 1.22. The largest absolute Gasteiger partial charge is 0.486 e. The molecule has 2 N–H and O–H groups in total. The van der Waals surface area contributed by atoms with Crippen molar-refractivity contribution < 1.29 is 24.4 Å². The van der Waals surface area contributed by atoms with Crippen LogP contribution in [0, 0.1) is 17.3 Å². The molecule has 6 nitrogen and oxygen atoms in total. The van der Waals surface area contributed by atoms with Gasteiger partial charge < -0.3 is 24.4 Å². The van der Waals surface area contributed by atoms with E-state index in [-0.39, 0.29) is 29.5 Å². The zero-order valence-electron chi connectivity index (χ0n) is 23.7. The molecule has 4 saturated carbocycles. The zero-order chi connectivity index (χ0) is 27.1. The third-order valence-corrected chi connectivity index (χ3v) is 12.0. The molecule has 6 heteroatoms. The van der Waals surface area contributed by atoms with Gasteiger partial charge in [0, 0.05) is 48.4 Å². The molecule has 5 aliphatic carbocycles. The smallest absolute Gasteiger partial charge is 0.138 e. The van der Waals surface area contributed by atoms with Gasteiger partial charge in [-0.2, -0.15) is 0 Å². The van der Waals surface area contributed by atoms with Crippen LogP contribution < -0.4 is 4.74 Å². The van der Waals surface area contributed by atoms with Crippen molar-refractivity contribution in [2.75, 3.05) is 33.4 Å². The van der Waals surface area contributed by atoms with Crippen molar-refractivity contribution in [3.05, 3.63) is 64.7 Å². The molecule has 2 aromatic rings. The topological polar surface area (TPSA) is 71.4 Å². The Morgan fingerprint density at radius 1 is 1.10 bits per heavy atom. The molecule has 2 spiro atoms. The predicted octanol–water partition coefficient (Wildman–Crippen LogP) is 4.02. The second-order valence-corrected chi connectivity index (χ2v) is 13.7. The normalized spacial score (nSPS) is 37.7. The first-order chi connectivity index (χ1) is 19.5. The molecule has 0 radical (unpaired) electrons. The van der Waals surface area contributed by atoms with Crippen LogP contribution in [0.1, 0.15) is 60.8 Å². The highest BCUT2D eigenvalue weighted by Gasteiger charge is 2.80. The lowest BCUT2D eigenvalue weighted by molar-refractivity contribution is -0.283. The fourth-order valence-electron chi connectivity index (χ4n) is 10.2. The van der Waals surface area contributed by atoms with Crippen molar-refractivity contribution in [2.45, 2.75) is 87.2 Å². The first kappa shape index (κ1) is 25.7. The lowest BCUT2D eigenvalue weighted by Crippen LogP contribution is -2.81. The van der Waals surface area contributed by atoms with E-state index in [1.807, 2.05) is 7.11 Å². The van der Waals surface area contributed by atoms with E-state index in [1.165, 1.54) is 42.5 Å². The van der Waals surface area contributed by atoms with Gasteiger partial charge in [-0.15, -0.1) is 0 Å². The van der Waals surface area contributed by atoms with Crippen LogP contribution in [0.25, 0.3) is 0 Å². The number of aliphatic hydroxyl groups is 2. The first-order valence-corrected chi connectivity index (χ1v) is 15.6. The number of methoxy groups -OCH3 is 1. The third-order valence-electron chi connectivity index (χ3n) is 12.0. The number of likely N-dealkylation sites (tertiary alicyclic amines) is 1. The van der Waals surface area contributed by atoms with Crippen molar-refractivity contribution in [3.63, 3.8) is 0 Å². The summed E-state index contributed by atoms with van der Waals surface area (Å²) in [6.45, 7) is 3.42. The van der Waals surface area contributed by atoms with Crippen molar-refractivity contribution in [3.8, 4) is 5.75 Å². The fourth-order valence-corrected chi connectivity index (χ4v) is 10.2. The maximum atomic E-state index is 10.4. The van der Waals surface area contributed by atoms with Gasteiger partial charge in [-0.25, -0.2) is 0 Å². The van der Waals surface area contributed by atoms with E-state index in [0.29, 0.717) is 25.7 Å². The Morgan fingerprint density at radius 2 is 1.95 bits per heavy atom. The number of benzene rings is 2. The quantitative estimate of drug-likeness (QED) is 0.470. The van der Waals surface area contributed by atoms with Crippen LogP contribution in [0.5, 0.6) is 5.75 Å². The van der Waals surface area contributed by atoms with Crippen LogP contribution in [-0.2, 0) is 34.3 Å². The SMILES string of the molecule is CO[C@]12CC[C@@]3(C[C@@H]1COCc1ccccc1)[C@H]1Cc4ccc(CC(O)CO)c5c4[C@@]3(CCN1CC1CC1)[C@H]2O5. The summed E-state index contributed by atoms with van der Waals surface area (Å²) in [6, 6.07) is 15.5. The minimum Gasteiger partial charge on any atom is -0.486 e. The number of ether oxygens (including phenoxy) is 3. The minimum atomic E-state index is -0.782. The Labute approximate surface area is 237 Å². The number of aliphatic hydroxyl groups excluding tert-OH is 2. The minimum absolute atomic E-state index is 0.0510. The fraction of sp³-hybridized carbons (Fsp3) is 0.647. The van der Waals surface area contributed by atoms with E-state index in [4.69, 9.17) is 14.2 Å². The van der Waals surface area contributed by atoms with E-state index >= 15 is 0 Å². The molecule has 2 aromatic carbocycles. The second kappa shape index (κ2) is 9.27. The van der Waals surface area contributed by atoms with Crippen molar-refractivity contribution in [2.24, 2.45) is 17.3 Å². The number of nitrogens with zero attached hydrogens (tertiary/aromatic N) is 1. The Hall–Kier alpha value is -1.96. The Morgan fingerprint density at radius 3 is 2.73 bits per heavy atom. The number of hydrogen-bond donors (Lipinski definition) is 2. The summed E-state index contributed by atoms with van der Waals surface area (Å²) in [7, 11) is 1.89. The maximum absolute atomic E-state index is 10.4. The first-order valence-electron chi connectivity index (χ1n) is 15.6. The highest BCUT2D eigenvalue weighted by atomic mass is 16.6. The number of hydrogen-bond acceptors (Lipinski definition) is 6. The van der Waals surface area contributed by atoms with Gasteiger partial charge in [0.25, 0.3) is 0 Å². The lowest BCUT2D eigenvalue weighted by Gasteiger charge is -2.74. The summed E-state index contributed by atoms with van der Waals surface area (Å²) < 4.78 is 20.3. The van der Waals surface area contributed by atoms with Crippen LogP contribution in [0.3, 0.4) is 0 Å². The van der Waals surface area contributed by atoms with E-state index in [9.17, 15) is 10.2 Å². The summed E-state index contributed by atoms with van der Waals surface area (Å²) in [5, 5.41) is 20.1. The molecule has 40 heavy (non-hydrogen) atoms. The van der Waals surface area contributed by atoms with Crippen LogP contribution in [0.4, 0.5) is 0 Å². The monoisotopic (exact) mass is 545 g/mol. The van der Waals surface area contributed by atoms with Crippen LogP contribution >= 0.6 is 0 Å². The molecular formula is C34H43NO5. The van der Waals surface area contributed by atoms with Crippen molar-refractivity contribution in [1.82, 2.24) is 4.90 Å². The Bertz CT molecular complexity index is 1280. The summed E-state index contributed by atoms with van der Waals surface area (Å²) >= 11 is 0. The lowest BCUT2D eigenvalue weighted by atomic mass is 9.35. The molecule has 2 heterocycles. The summed E-state index contributed by atoms with van der Waals surface area (Å²) in [5.41, 5.74) is 4.77. The van der Waals surface area contributed by atoms with Gasteiger partial charge in [0.2, 0.25) is 0 Å². The molecule has 1 unspecified atom stereocenters. The molecule has 5 fully saturated rings. The van der Waals surface area contributed by atoms with Gasteiger partial charge in [0.15, 0.2) is 0 Å². The molecule has 4 bridgehead atoms. The molecule has 0 amide bonds.